The second-order valence-electron chi connectivity index (χ2n) is 4.47. The third-order valence-electron chi connectivity index (χ3n) is 2.88. The summed E-state index contributed by atoms with van der Waals surface area (Å²) in [5.74, 6) is 0.919. The summed E-state index contributed by atoms with van der Waals surface area (Å²) < 4.78 is 5.36. The molecule has 0 spiro atoms. The maximum absolute atomic E-state index is 5.89. The van der Waals surface area contributed by atoms with Crippen molar-refractivity contribution in [3.63, 3.8) is 0 Å². The minimum absolute atomic E-state index is 0.531. The molecule has 0 radical (unpaired) electrons. The van der Waals surface area contributed by atoms with Crippen LogP contribution < -0.4 is 4.74 Å². The number of nitrogens with zero attached hydrogens (tertiary/aromatic N) is 2. The maximum atomic E-state index is 5.89. The van der Waals surface area contributed by atoms with Gasteiger partial charge in [0.2, 0.25) is 0 Å². The molecule has 0 aliphatic rings. The molecule has 2 aromatic rings. The summed E-state index contributed by atoms with van der Waals surface area (Å²) in [5.41, 5.74) is 2.32. The zero-order valence-corrected chi connectivity index (χ0v) is 11.9. The number of aromatic nitrogens is 1. The Kier molecular flexibility index (Phi) is 4.77. The Balaban J connectivity index is 2.03. The van der Waals surface area contributed by atoms with Crippen LogP contribution >= 0.6 is 11.6 Å². The predicted molar refractivity (Wildman–Crippen MR) is 77.4 cm³/mol. The summed E-state index contributed by atoms with van der Waals surface area (Å²) in [7, 11) is 3.77. The second kappa shape index (κ2) is 6.55. The van der Waals surface area contributed by atoms with Gasteiger partial charge in [-0.3, -0.25) is 4.90 Å². The Bertz CT molecular complexity index is 545. The van der Waals surface area contributed by atoms with E-state index in [2.05, 4.69) is 23.0 Å². The van der Waals surface area contributed by atoms with Gasteiger partial charge in [-0.15, -0.1) is 0 Å². The van der Waals surface area contributed by atoms with Gasteiger partial charge in [-0.05, 0) is 30.8 Å². The molecule has 0 aliphatic heterocycles. The lowest BCUT2D eigenvalue weighted by atomic mass is 10.2. The number of ether oxygens (including phenoxy) is 1. The van der Waals surface area contributed by atoms with Crippen LogP contribution in [-0.2, 0) is 13.1 Å². The first kappa shape index (κ1) is 13.8. The highest BCUT2D eigenvalue weighted by Crippen LogP contribution is 2.19. The Morgan fingerprint density at radius 1 is 1.21 bits per heavy atom. The molecule has 0 fully saturated rings. The summed E-state index contributed by atoms with van der Waals surface area (Å²) in [6.07, 6.45) is 1.73. The van der Waals surface area contributed by atoms with Crippen molar-refractivity contribution in [2.24, 2.45) is 0 Å². The van der Waals surface area contributed by atoms with Crippen LogP contribution in [0.25, 0.3) is 0 Å². The monoisotopic (exact) mass is 276 g/mol. The molecule has 1 aromatic heterocycles. The smallest absolute Gasteiger partial charge is 0.129 e. The van der Waals surface area contributed by atoms with Crippen LogP contribution in [0.5, 0.6) is 5.75 Å². The number of pyridine rings is 1. The molecule has 1 aromatic carbocycles. The van der Waals surface area contributed by atoms with Gasteiger partial charge < -0.3 is 4.74 Å². The first-order chi connectivity index (χ1) is 9.19. The molecule has 0 bridgehead atoms. The van der Waals surface area contributed by atoms with Gasteiger partial charge in [-0.2, -0.15) is 0 Å². The first-order valence-corrected chi connectivity index (χ1v) is 6.47. The summed E-state index contributed by atoms with van der Waals surface area (Å²) in [4.78, 5) is 6.20. The van der Waals surface area contributed by atoms with E-state index >= 15 is 0 Å². The molecule has 2 rings (SSSR count). The maximum Gasteiger partial charge on any atom is 0.129 e. The summed E-state index contributed by atoms with van der Waals surface area (Å²) >= 11 is 5.89. The van der Waals surface area contributed by atoms with Crippen LogP contribution in [0.1, 0.15) is 11.1 Å². The zero-order valence-electron chi connectivity index (χ0n) is 11.1. The quantitative estimate of drug-likeness (QED) is 0.783. The summed E-state index contributed by atoms with van der Waals surface area (Å²) in [5, 5.41) is 0.531. The second-order valence-corrected chi connectivity index (χ2v) is 4.86. The van der Waals surface area contributed by atoms with Gasteiger partial charge in [0.25, 0.3) is 0 Å². The van der Waals surface area contributed by atoms with Gasteiger partial charge in [0.05, 0.1) is 7.11 Å². The van der Waals surface area contributed by atoms with Crippen LogP contribution in [0.4, 0.5) is 0 Å². The molecule has 19 heavy (non-hydrogen) atoms. The fourth-order valence-corrected chi connectivity index (χ4v) is 2.23. The van der Waals surface area contributed by atoms with Crippen LogP contribution in [-0.4, -0.2) is 24.0 Å². The lowest BCUT2D eigenvalue weighted by Gasteiger charge is -2.18. The lowest BCUT2D eigenvalue weighted by molar-refractivity contribution is 0.310. The van der Waals surface area contributed by atoms with Gasteiger partial charge in [-0.1, -0.05) is 29.8 Å². The first-order valence-electron chi connectivity index (χ1n) is 6.10. The number of para-hydroxylation sites is 1. The normalized spacial score (nSPS) is 10.7. The predicted octanol–water partition coefficient (Wildman–Crippen LogP) is 3.38. The number of hydrogen-bond donors (Lipinski definition) is 0. The Morgan fingerprint density at radius 3 is 2.74 bits per heavy atom. The highest BCUT2D eigenvalue weighted by Gasteiger charge is 2.06. The topological polar surface area (TPSA) is 25.4 Å². The van der Waals surface area contributed by atoms with E-state index in [1.807, 2.05) is 30.3 Å². The van der Waals surface area contributed by atoms with Gasteiger partial charge in [-0.25, -0.2) is 4.98 Å². The highest BCUT2D eigenvalue weighted by molar-refractivity contribution is 6.29. The number of rotatable bonds is 5. The van der Waals surface area contributed by atoms with Gasteiger partial charge in [0, 0.05) is 24.8 Å². The molecule has 4 heteroatoms. The van der Waals surface area contributed by atoms with Crippen molar-refractivity contribution in [1.29, 1.82) is 0 Å². The fraction of sp³-hybridized carbons (Fsp3) is 0.267. The van der Waals surface area contributed by atoms with Crippen molar-refractivity contribution in [3.05, 3.63) is 58.9 Å². The average molecular weight is 277 g/mol. The molecule has 0 unspecified atom stereocenters. The van der Waals surface area contributed by atoms with Crippen molar-refractivity contribution >= 4 is 11.6 Å². The Hall–Kier alpha value is -1.58. The SMILES string of the molecule is COc1ccccc1CN(C)Cc1ccnc(Cl)c1. The van der Waals surface area contributed by atoms with Gasteiger partial charge in [0.15, 0.2) is 0 Å². The highest BCUT2D eigenvalue weighted by atomic mass is 35.5. The molecule has 0 aliphatic carbocycles. The molecular formula is C15H17ClN2O. The number of halogens is 1. The molecule has 0 N–H and O–H groups in total. The summed E-state index contributed by atoms with van der Waals surface area (Å²) in [6.45, 7) is 1.64. The van der Waals surface area contributed by atoms with Gasteiger partial charge >= 0.3 is 0 Å². The van der Waals surface area contributed by atoms with Gasteiger partial charge in [0.1, 0.15) is 10.9 Å². The van der Waals surface area contributed by atoms with E-state index in [4.69, 9.17) is 16.3 Å². The number of hydrogen-bond acceptors (Lipinski definition) is 3. The fourth-order valence-electron chi connectivity index (χ4n) is 2.03. The zero-order chi connectivity index (χ0) is 13.7. The van der Waals surface area contributed by atoms with E-state index in [9.17, 15) is 0 Å². The number of methoxy groups -OCH3 is 1. The molecule has 0 saturated carbocycles. The minimum atomic E-state index is 0.531. The minimum Gasteiger partial charge on any atom is -0.496 e. The van der Waals surface area contributed by atoms with E-state index in [0.29, 0.717) is 5.15 Å². The summed E-state index contributed by atoms with van der Waals surface area (Å²) in [6, 6.07) is 11.9. The standard InChI is InChI=1S/C15H17ClN2O/c1-18(10-12-7-8-17-15(16)9-12)11-13-5-3-4-6-14(13)19-2/h3-9H,10-11H2,1-2H3. The molecule has 0 atom stereocenters. The van der Waals surface area contributed by atoms with Crippen molar-refractivity contribution < 1.29 is 4.74 Å². The largest absolute Gasteiger partial charge is 0.496 e. The van der Waals surface area contributed by atoms with Crippen molar-refractivity contribution in [3.8, 4) is 5.75 Å². The van der Waals surface area contributed by atoms with E-state index in [1.165, 1.54) is 5.56 Å². The van der Waals surface area contributed by atoms with E-state index in [-0.39, 0.29) is 0 Å². The Morgan fingerprint density at radius 2 is 2.00 bits per heavy atom. The van der Waals surface area contributed by atoms with Crippen LogP contribution in [0.15, 0.2) is 42.6 Å². The average Bonchev–Trinajstić information content (AvgIpc) is 2.39. The molecule has 3 nitrogen and oxygen atoms in total. The van der Waals surface area contributed by atoms with Crippen LogP contribution in [0.3, 0.4) is 0 Å². The number of benzene rings is 1. The van der Waals surface area contributed by atoms with Crippen molar-refractivity contribution in [2.75, 3.05) is 14.2 Å². The molecular weight excluding hydrogens is 260 g/mol. The van der Waals surface area contributed by atoms with Crippen LogP contribution in [0.2, 0.25) is 5.15 Å². The molecule has 1 heterocycles. The van der Waals surface area contributed by atoms with Crippen molar-refractivity contribution in [1.82, 2.24) is 9.88 Å². The van der Waals surface area contributed by atoms with Crippen molar-refractivity contribution in [2.45, 2.75) is 13.1 Å². The lowest BCUT2D eigenvalue weighted by Crippen LogP contribution is -2.17. The Labute approximate surface area is 118 Å². The van der Waals surface area contributed by atoms with E-state index < -0.39 is 0 Å². The van der Waals surface area contributed by atoms with E-state index in [0.717, 1.165) is 24.4 Å². The van der Waals surface area contributed by atoms with Crippen LogP contribution in [0, 0.1) is 0 Å². The third-order valence-corrected chi connectivity index (χ3v) is 3.08. The molecule has 100 valence electrons. The molecule has 0 saturated heterocycles. The molecule has 0 amide bonds. The third kappa shape index (κ3) is 3.94. The van der Waals surface area contributed by atoms with E-state index in [1.54, 1.807) is 13.3 Å².